The number of nitrogens with zero attached hydrogens (tertiary/aromatic N) is 2. The van der Waals surface area contributed by atoms with Gasteiger partial charge in [0.2, 0.25) is 5.91 Å². The Hall–Kier alpha value is -3.74. The zero-order valence-electron chi connectivity index (χ0n) is 17.5. The molecule has 7 heteroatoms. The van der Waals surface area contributed by atoms with Crippen LogP contribution in [0.5, 0.6) is 0 Å². The Labute approximate surface area is 180 Å². The van der Waals surface area contributed by atoms with Crippen molar-refractivity contribution < 1.29 is 19.2 Å². The van der Waals surface area contributed by atoms with E-state index in [1.807, 2.05) is 31.2 Å². The van der Waals surface area contributed by atoms with Crippen LogP contribution in [0, 0.1) is 17.0 Å². The fourth-order valence-corrected chi connectivity index (χ4v) is 3.87. The van der Waals surface area contributed by atoms with Crippen LogP contribution in [0.2, 0.25) is 0 Å². The van der Waals surface area contributed by atoms with Crippen LogP contribution in [0.25, 0.3) is 0 Å². The van der Waals surface area contributed by atoms with Gasteiger partial charge in [-0.05, 0) is 30.5 Å². The maximum absolute atomic E-state index is 13.1. The number of ether oxygens (including phenoxy) is 1. The number of allylic oxidation sites excluding steroid dienone is 1. The number of non-ortho nitro benzene ring substituents is 1. The summed E-state index contributed by atoms with van der Waals surface area (Å²) in [6, 6.07) is 13.8. The third kappa shape index (κ3) is 4.71. The van der Waals surface area contributed by atoms with E-state index in [0.29, 0.717) is 16.8 Å². The molecule has 0 bridgehead atoms. The molecular weight excluding hydrogens is 396 g/mol. The number of amides is 1. The highest BCUT2D eigenvalue weighted by molar-refractivity contribution is 5.96. The Kier molecular flexibility index (Phi) is 6.65. The predicted molar refractivity (Wildman–Crippen MR) is 116 cm³/mol. The number of carbonyl (C=O) groups excluding carboxylic acids is 2. The van der Waals surface area contributed by atoms with Gasteiger partial charge in [0.25, 0.3) is 5.69 Å². The number of rotatable bonds is 7. The number of nitro benzene ring substituents is 1. The van der Waals surface area contributed by atoms with Crippen LogP contribution in [0.4, 0.5) is 5.69 Å². The Morgan fingerprint density at radius 2 is 2.00 bits per heavy atom. The topological polar surface area (TPSA) is 89.8 Å². The second-order valence-electron chi connectivity index (χ2n) is 7.41. The quantitative estimate of drug-likeness (QED) is 0.286. The van der Waals surface area contributed by atoms with Crippen molar-refractivity contribution in [1.82, 2.24) is 4.90 Å². The highest BCUT2D eigenvalue weighted by Crippen LogP contribution is 2.39. The zero-order valence-corrected chi connectivity index (χ0v) is 17.5. The molecule has 31 heavy (non-hydrogen) atoms. The lowest BCUT2D eigenvalue weighted by atomic mass is 9.81. The molecule has 160 valence electrons. The third-order valence-electron chi connectivity index (χ3n) is 5.40. The van der Waals surface area contributed by atoms with E-state index < -0.39 is 16.8 Å². The Morgan fingerprint density at radius 1 is 1.26 bits per heavy atom. The highest BCUT2D eigenvalue weighted by Gasteiger charge is 2.37. The SMILES string of the molecule is C=CCOC(=O)C1=C(C)N(Cc2cccc([N+](=O)[O-])c2)C(=O)CC1c1ccccc1C. The largest absolute Gasteiger partial charge is 0.458 e. The summed E-state index contributed by atoms with van der Waals surface area (Å²) in [7, 11) is 0. The number of carbonyl (C=O) groups is 2. The molecular formula is C24H24N2O5. The van der Waals surface area contributed by atoms with Crippen LogP contribution in [-0.2, 0) is 20.9 Å². The van der Waals surface area contributed by atoms with Gasteiger partial charge in [-0.1, -0.05) is 49.1 Å². The van der Waals surface area contributed by atoms with Gasteiger partial charge in [-0.25, -0.2) is 4.79 Å². The van der Waals surface area contributed by atoms with Crippen LogP contribution in [-0.4, -0.2) is 28.3 Å². The third-order valence-corrected chi connectivity index (χ3v) is 5.40. The molecule has 1 aliphatic heterocycles. The summed E-state index contributed by atoms with van der Waals surface area (Å²) < 4.78 is 5.33. The minimum atomic E-state index is -0.498. The summed E-state index contributed by atoms with van der Waals surface area (Å²) in [6.45, 7) is 7.43. The number of aryl methyl sites for hydroxylation is 1. The standard InChI is InChI=1S/C24H24N2O5/c1-4-12-31-24(28)23-17(3)25(15-18-9-7-10-19(13-18)26(29)30)22(27)14-21(23)20-11-6-5-8-16(20)2/h4-11,13,21H,1,12,14-15H2,2-3H3. The molecule has 1 heterocycles. The number of hydrogen-bond acceptors (Lipinski definition) is 5. The molecule has 0 aliphatic carbocycles. The lowest BCUT2D eigenvalue weighted by molar-refractivity contribution is -0.384. The smallest absolute Gasteiger partial charge is 0.336 e. The van der Waals surface area contributed by atoms with Crippen molar-refractivity contribution in [2.75, 3.05) is 6.61 Å². The molecule has 0 fully saturated rings. The van der Waals surface area contributed by atoms with E-state index >= 15 is 0 Å². The molecule has 0 radical (unpaired) electrons. The van der Waals surface area contributed by atoms with E-state index in [0.717, 1.165) is 11.1 Å². The van der Waals surface area contributed by atoms with Crippen molar-refractivity contribution >= 4 is 17.6 Å². The molecule has 0 aromatic heterocycles. The molecule has 1 atom stereocenters. The molecule has 3 rings (SSSR count). The molecule has 2 aromatic carbocycles. The Balaban J connectivity index is 2.04. The lowest BCUT2D eigenvalue weighted by Gasteiger charge is -2.35. The summed E-state index contributed by atoms with van der Waals surface area (Å²) in [5.41, 5.74) is 3.35. The molecule has 1 aliphatic rings. The molecule has 2 aromatic rings. The van der Waals surface area contributed by atoms with E-state index in [9.17, 15) is 19.7 Å². The molecule has 0 saturated heterocycles. The highest BCUT2D eigenvalue weighted by atomic mass is 16.6. The predicted octanol–water partition coefficient (Wildman–Crippen LogP) is 4.42. The molecule has 7 nitrogen and oxygen atoms in total. The van der Waals surface area contributed by atoms with Gasteiger partial charge in [0, 0.05) is 30.2 Å². The van der Waals surface area contributed by atoms with Gasteiger partial charge in [-0.2, -0.15) is 0 Å². The van der Waals surface area contributed by atoms with E-state index in [2.05, 4.69) is 6.58 Å². The van der Waals surface area contributed by atoms with Gasteiger partial charge in [-0.15, -0.1) is 0 Å². The monoisotopic (exact) mass is 420 g/mol. The van der Waals surface area contributed by atoms with Crippen molar-refractivity contribution in [3.05, 3.63) is 99.3 Å². The Bertz CT molecular complexity index is 1070. The van der Waals surface area contributed by atoms with Gasteiger partial charge in [0.05, 0.1) is 17.0 Å². The summed E-state index contributed by atoms with van der Waals surface area (Å²) >= 11 is 0. The average molecular weight is 420 g/mol. The minimum Gasteiger partial charge on any atom is -0.458 e. The van der Waals surface area contributed by atoms with Crippen molar-refractivity contribution in [3.8, 4) is 0 Å². The lowest BCUT2D eigenvalue weighted by Crippen LogP contribution is -2.38. The van der Waals surface area contributed by atoms with Crippen molar-refractivity contribution in [2.45, 2.75) is 32.7 Å². The first-order valence-electron chi connectivity index (χ1n) is 9.91. The average Bonchev–Trinajstić information content (AvgIpc) is 2.75. The van der Waals surface area contributed by atoms with Gasteiger partial charge >= 0.3 is 5.97 Å². The van der Waals surface area contributed by atoms with Crippen molar-refractivity contribution in [2.24, 2.45) is 0 Å². The molecule has 0 N–H and O–H groups in total. The summed E-state index contributed by atoms with van der Waals surface area (Å²) in [5, 5.41) is 11.1. The maximum Gasteiger partial charge on any atom is 0.336 e. The van der Waals surface area contributed by atoms with Crippen LogP contribution < -0.4 is 0 Å². The van der Waals surface area contributed by atoms with Crippen LogP contribution in [0.15, 0.2) is 72.5 Å². The molecule has 0 saturated carbocycles. The maximum atomic E-state index is 13.1. The second-order valence-corrected chi connectivity index (χ2v) is 7.41. The Morgan fingerprint density at radius 3 is 2.68 bits per heavy atom. The molecule has 1 unspecified atom stereocenters. The van der Waals surface area contributed by atoms with E-state index in [1.54, 1.807) is 19.1 Å². The zero-order chi connectivity index (χ0) is 22.5. The van der Waals surface area contributed by atoms with Crippen molar-refractivity contribution in [3.63, 3.8) is 0 Å². The number of esters is 1. The fourth-order valence-electron chi connectivity index (χ4n) is 3.87. The number of benzene rings is 2. The van der Waals surface area contributed by atoms with Crippen LogP contribution in [0.1, 0.15) is 36.0 Å². The van der Waals surface area contributed by atoms with Crippen molar-refractivity contribution in [1.29, 1.82) is 0 Å². The van der Waals surface area contributed by atoms with Gasteiger partial charge < -0.3 is 9.64 Å². The summed E-state index contributed by atoms with van der Waals surface area (Å²) in [5.74, 6) is -1.08. The summed E-state index contributed by atoms with van der Waals surface area (Å²) in [4.78, 5) is 38.2. The van der Waals surface area contributed by atoms with Crippen LogP contribution >= 0.6 is 0 Å². The number of hydrogen-bond donors (Lipinski definition) is 0. The normalized spacial score (nSPS) is 16.3. The first-order chi connectivity index (χ1) is 14.8. The first kappa shape index (κ1) is 22.0. The molecule has 0 spiro atoms. The van der Waals surface area contributed by atoms with E-state index in [-0.39, 0.29) is 31.2 Å². The first-order valence-corrected chi connectivity index (χ1v) is 9.91. The minimum absolute atomic E-state index is 0.0491. The van der Waals surface area contributed by atoms with Crippen LogP contribution in [0.3, 0.4) is 0 Å². The van der Waals surface area contributed by atoms with Gasteiger partial charge in [-0.3, -0.25) is 14.9 Å². The van der Waals surface area contributed by atoms with E-state index in [4.69, 9.17) is 4.74 Å². The number of nitro groups is 1. The summed E-state index contributed by atoms with van der Waals surface area (Å²) in [6.07, 6.45) is 1.60. The van der Waals surface area contributed by atoms with Gasteiger partial charge in [0.15, 0.2) is 0 Å². The van der Waals surface area contributed by atoms with Gasteiger partial charge in [0.1, 0.15) is 6.61 Å². The second kappa shape index (κ2) is 9.38. The molecule has 1 amide bonds. The van der Waals surface area contributed by atoms with E-state index in [1.165, 1.54) is 23.1 Å². The fraction of sp³-hybridized carbons (Fsp3) is 0.250.